The summed E-state index contributed by atoms with van der Waals surface area (Å²) in [5.74, 6) is 0.614. The van der Waals surface area contributed by atoms with Crippen LogP contribution in [0.1, 0.15) is 11.1 Å². The Morgan fingerprint density at radius 1 is 1.15 bits per heavy atom. The molecule has 1 fully saturated rings. The van der Waals surface area contributed by atoms with E-state index in [0.717, 1.165) is 43.2 Å². The second-order valence-corrected chi connectivity index (χ2v) is 6.06. The van der Waals surface area contributed by atoms with Crippen LogP contribution < -0.4 is 15.0 Å². The van der Waals surface area contributed by atoms with E-state index in [1.54, 1.807) is 13.2 Å². The Balaban J connectivity index is 1.51. The summed E-state index contributed by atoms with van der Waals surface area (Å²) in [6.07, 6.45) is 3.29. The van der Waals surface area contributed by atoms with Crippen molar-refractivity contribution in [3.8, 4) is 5.75 Å². The Hall–Kier alpha value is -2.79. The second kappa shape index (κ2) is 9.06. The number of hydrogen-bond acceptors (Lipinski definition) is 4. The number of methoxy groups -OCH3 is 1. The maximum Gasteiger partial charge on any atom is 0.244 e. The predicted molar refractivity (Wildman–Crippen MR) is 103 cm³/mol. The van der Waals surface area contributed by atoms with Crippen LogP contribution in [0.4, 0.5) is 5.69 Å². The van der Waals surface area contributed by atoms with Crippen LogP contribution in [-0.2, 0) is 16.1 Å². The molecule has 1 heterocycles. The van der Waals surface area contributed by atoms with Crippen LogP contribution in [0, 0.1) is 0 Å². The number of nitrogens with zero attached hydrogens (tertiary/aromatic N) is 1. The summed E-state index contributed by atoms with van der Waals surface area (Å²) in [4.78, 5) is 14.4. The van der Waals surface area contributed by atoms with Crippen molar-refractivity contribution in [2.75, 3.05) is 38.3 Å². The lowest BCUT2D eigenvalue weighted by Gasteiger charge is -2.28. The highest BCUT2D eigenvalue weighted by molar-refractivity contribution is 5.92. The molecule has 0 spiro atoms. The van der Waals surface area contributed by atoms with Gasteiger partial charge in [-0.1, -0.05) is 30.3 Å². The van der Waals surface area contributed by atoms with Crippen molar-refractivity contribution in [1.29, 1.82) is 0 Å². The van der Waals surface area contributed by atoms with E-state index in [-0.39, 0.29) is 5.91 Å². The lowest BCUT2D eigenvalue weighted by molar-refractivity contribution is -0.116. The summed E-state index contributed by atoms with van der Waals surface area (Å²) in [6, 6.07) is 15.9. The Morgan fingerprint density at radius 2 is 1.88 bits per heavy atom. The monoisotopic (exact) mass is 352 g/mol. The normalized spacial score (nSPS) is 14.4. The van der Waals surface area contributed by atoms with E-state index >= 15 is 0 Å². The molecule has 0 aliphatic carbocycles. The van der Waals surface area contributed by atoms with Crippen molar-refractivity contribution in [1.82, 2.24) is 5.32 Å². The van der Waals surface area contributed by atoms with Gasteiger partial charge in [0.05, 0.1) is 20.3 Å². The van der Waals surface area contributed by atoms with Gasteiger partial charge in [-0.3, -0.25) is 4.79 Å². The lowest BCUT2D eigenvalue weighted by Crippen LogP contribution is -2.36. The largest absolute Gasteiger partial charge is 0.496 e. The summed E-state index contributed by atoms with van der Waals surface area (Å²) in [7, 11) is 1.62. The molecule has 1 saturated heterocycles. The molecule has 0 aromatic heterocycles. The predicted octanol–water partition coefficient (Wildman–Crippen LogP) is 2.86. The zero-order chi connectivity index (χ0) is 18.2. The van der Waals surface area contributed by atoms with Crippen molar-refractivity contribution in [3.05, 3.63) is 65.7 Å². The van der Waals surface area contributed by atoms with Crippen molar-refractivity contribution in [2.24, 2.45) is 0 Å². The molecule has 0 atom stereocenters. The third kappa shape index (κ3) is 4.86. The first-order chi connectivity index (χ1) is 12.8. The molecule has 26 heavy (non-hydrogen) atoms. The highest BCUT2D eigenvalue weighted by atomic mass is 16.5. The fraction of sp³-hybridized carbons (Fsp3) is 0.286. The summed E-state index contributed by atoms with van der Waals surface area (Å²) in [5.41, 5.74) is 3.14. The topological polar surface area (TPSA) is 50.8 Å². The van der Waals surface area contributed by atoms with Crippen LogP contribution in [0.25, 0.3) is 6.08 Å². The lowest BCUT2D eigenvalue weighted by atomic mass is 10.1. The number of morpholine rings is 1. The SMILES string of the molecule is COc1ccccc1/C=C/C(=O)NCc1ccc(N2CCOCC2)cc1. The molecule has 1 amide bonds. The molecule has 3 rings (SSSR count). The minimum Gasteiger partial charge on any atom is -0.496 e. The van der Waals surface area contributed by atoms with Gasteiger partial charge in [-0.2, -0.15) is 0 Å². The average molecular weight is 352 g/mol. The molecule has 0 radical (unpaired) electrons. The first-order valence-corrected chi connectivity index (χ1v) is 8.77. The molecule has 1 aliphatic heterocycles. The smallest absolute Gasteiger partial charge is 0.244 e. The van der Waals surface area contributed by atoms with E-state index in [1.807, 2.05) is 24.3 Å². The van der Waals surface area contributed by atoms with Crippen molar-refractivity contribution in [2.45, 2.75) is 6.54 Å². The molecule has 2 aromatic rings. The molecule has 5 nitrogen and oxygen atoms in total. The molecule has 1 aliphatic rings. The van der Waals surface area contributed by atoms with Gasteiger partial charge in [0.1, 0.15) is 5.75 Å². The van der Waals surface area contributed by atoms with Crippen LogP contribution in [-0.4, -0.2) is 39.3 Å². The minimum absolute atomic E-state index is 0.131. The number of hydrogen-bond donors (Lipinski definition) is 1. The highest BCUT2D eigenvalue weighted by Gasteiger charge is 2.10. The van der Waals surface area contributed by atoms with Crippen LogP contribution in [0.3, 0.4) is 0 Å². The standard InChI is InChI=1S/C21H24N2O3/c1-25-20-5-3-2-4-18(20)8-11-21(24)22-16-17-6-9-19(10-7-17)23-12-14-26-15-13-23/h2-11H,12-16H2,1H3,(H,22,24)/b11-8+. The average Bonchev–Trinajstić information content (AvgIpc) is 2.72. The van der Waals surface area contributed by atoms with Crippen molar-refractivity contribution in [3.63, 3.8) is 0 Å². The zero-order valence-corrected chi connectivity index (χ0v) is 15.0. The van der Waals surface area contributed by atoms with E-state index in [4.69, 9.17) is 9.47 Å². The molecule has 1 N–H and O–H groups in total. The molecule has 0 bridgehead atoms. The van der Waals surface area contributed by atoms with Gasteiger partial charge in [-0.25, -0.2) is 0 Å². The zero-order valence-electron chi connectivity index (χ0n) is 15.0. The number of carbonyl (C=O) groups excluding carboxylic acids is 1. The maximum atomic E-state index is 12.0. The molecular weight excluding hydrogens is 328 g/mol. The number of rotatable bonds is 6. The van der Waals surface area contributed by atoms with E-state index in [2.05, 4.69) is 34.5 Å². The van der Waals surface area contributed by atoms with Gasteiger partial charge in [0.25, 0.3) is 0 Å². The number of amides is 1. The number of benzene rings is 2. The van der Waals surface area contributed by atoms with Crippen LogP contribution >= 0.6 is 0 Å². The summed E-state index contributed by atoms with van der Waals surface area (Å²) in [6.45, 7) is 3.89. The van der Waals surface area contributed by atoms with Gasteiger partial charge < -0.3 is 19.7 Å². The van der Waals surface area contributed by atoms with Crippen LogP contribution in [0.15, 0.2) is 54.6 Å². The molecule has 5 heteroatoms. The van der Waals surface area contributed by atoms with Crippen molar-refractivity contribution < 1.29 is 14.3 Å². The fourth-order valence-electron chi connectivity index (χ4n) is 2.86. The number of anilines is 1. The van der Waals surface area contributed by atoms with E-state index < -0.39 is 0 Å². The Morgan fingerprint density at radius 3 is 2.62 bits per heavy atom. The van der Waals surface area contributed by atoms with Gasteiger partial charge in [0, 0.05) is 37.0 Å². The maximum absolute atomic E-state index is 12.0. The highest BCUT2D eigenvalue weighted by Crippen LogP contribution is 2.19. The van der Waals surface area contributed by atoms with Gasteiger partial charge >= 0.3 is 0 Å². The number of nitrogens with one attached hydrogen (secondary N) is 1. The summed E-state index contributed by atoms with van der Waals surface area (Å²) < 4.78 is 10.6. The first-order valence-electron chi connectivity index (χ1n) is 8.77. The first kappa shape index (κ1) is 18.0. The number of para-hydroxylation sites is 1. The minimum atomic E-state index is -0.131. The van der Waals surface area contributed by atoms with E-state index in [9.17, 15) is 4.79 Å². The third-order valence-corrected chi connectivity index (χ3v) is 4.33. The fourth-order valence-corrected chi connectivity index (χ4v) is 2.86. The Kier molecular flexibility index (Phi) is 6.28. The number of ether oxygens (including phenoxy) is 2. The third-order valence-electron chi connectivity index (χ3n) is 4.33. The van der Waals surface area contributed by atoms with Crippen molar-refractivity contribution >= 4 is 17.7 Å². The van der Waals surface area contributed by atoms with Gasteiger partial charge in [-0.05, 0) is 29.8 Å². The second-order valence-electron chi connectivity index (χ2n) is 6.06. The van der Waals surface area contributed by atoms with Gasteiger partial charge in [0.2, 0.25) is 5.91 Å². The van der Waals surface area contributed by atoms with E-state index in [0.29, 0.717) is 6.54 Å². The molecule has 0 saturated carbocycles. The quantitative estimate of drug-likeness (QED) is 0.812. The van der Waals surface area contributed by atoms with Gasteiger partial charge in [-0.15, -0.1) is 0 Å². The molecule has 0 unspecified atom stereocenters. The van der Waals surface area contributed by atoms with Gasteiger partial charge in [0.15, 0.2) is 0 Å². The molecule has 136 valence electrons. The Bertz CT molecular complexity index is 750. The summed E-state index contributed by atoms with van der Waals surface area (Å²) >= 11 is 0. The number of carbonyl (C=O) groups is 1. The van der Waals surface area contributed by atoms with Crippen LogP contribution in [0.2, 0.25) is 0 Å². The molecular formula is C21H24N2O3. The molecule has 2 aromatic carbocycles. The Labute approximate surface area is 154 Å². The summed E-state index contributed by atoms with van der Waals surface area (Å²) in [5, 5.41) is 2.91. The van der Waals surface area contributed by atoms with Crippen LogP contribution in [0.5, 0.6) is 5.75 Å². The van der Waals surface area contributed by atoms with E-state index in [1.165, 1.54) is 11.8 Å².